The smallest absolute Gasteiger partial charge is 0.0736 e. The van der Waals surface area contributed by atoms with Gasteiger partial charge in [-0.1, -0.05) is 6.92 Å². The first kappa shape index (κ1) is 14.5. The first-order valence-corrected chi connectivity index (χ1v) is 7.50. The molecule has 1 saturated heterocycles. The molecule has 1 aromatic rings. The molecular formula is C15H27N3O. The Morgan fingerprint density at radius 1 is 1.53 bits per heavy atom. The average Bonchev–Trinajstić information content (AvgIpc) is 3.04. The molecule has 1 aliphatic rings. The van der Waals surface area contributed by atoms with Crippen LogP contribution in [0.5, 0.6) is 0 Å². The Balaban J connectivity index is 1.96. The van der Waals surface area contributed by atoms with Crippen LogP contribution in [0.15, 0.2) is 12.3 Å². The van der Waals surface area contributed by atoms with Crippen LogP contribution in [0, 0.1) is 0 Å². The van der Waals surface area contributed by atoms with E-state index in [1.165, 1.54) is 6.42 Å². The summed E-state index contributed by atoms with van der Waals surface area (Å²) in [5.41, 5.74) is 1.16. The molecule has 4 unspecified atom stereocenters. The molecule has 2 heterocycles. The van der Waals surface area contributed by atoms with E-state index in [1.807, 2.05) is 7.05 Å². The normalized spacial score (nSPS) is 26.5. The number of ether oxygens (including phenoxy) is 1. The highest BCUT2D eigenvalue weighted by Gasteiger charge is 2.29. The van der Waals surface area contributed by atoms with E-state index in [0.717, 1.165) is 25.0 Å². The van der Waals surface area contributed by atoms with Gasteiger partial charge in [-0.25, -0.2) is 0 Å². The third-order valence-corrected chi connectivity index (χ3v) is 4.22. The number of aromatic nitrogens is 2. The van der Waals surface area contributed by atoms with Gasteiger partial charge in [0, 0.05) is 24.7 Å². The van der Waals surface area contributed by atoms with Crippen LogP contribution in [0.25, 0.3) is 0 Å². The van der Waals surface area contributed by atoms with Crippen molar-refractivity contribution in [2.75, 3.05) is 7.05 Å². The standard InChI is InChI=1S/C15H27N3O/c1-5-11(2)18-9-8-13(17-18)10-14(16-4)15-7-6-12(3)19-15/h8-9,11-12,14-16H,5-7,10H2,1-4H3. The maximum Gasteiger partial charge on any atom is 0.0736 e. The summed E-state index contributed by atoms with van der Waals surface area (Å²) in [5.74, 6) is 0. The van der Waals surface area contributed by atoms with Crippen molar-refractivity contribution in [3.8, 4) is 0 Å². The fourth-order valence-electron chi connectivity index (χ4n) is 2.69. The second kappa shape index (κ2) is 6.53. The quantitative estimate of drug-likeness (QED) is 0.859. The minimum absolute atomic E-state index is 0.328. The van der Waals surface area contributed by atoms with Gasteiger partial charge in [0.25, 0.3) is 0 Å². The zero-order valence-corrected chi connectivity index (χ0v) is 12.6. The van der Waals surface area contributed by atoms with Gasteiger partial charge in [0.1, 0.15) is 0 Å². The molecule has 0 radical (unpaired) electrons. The van der Waals surface area contributed by atoms with E-state index in [0.29, 0.717) is 24.3 Å². The molecule has 1 aromatic heterocycles. The molecule has 1 aliphatic heterocycles. The first-order valence-electron chi connectivity index (χ1n) is 7.50. The number of likely N-dealkylation sites (N-methyl/N-ethyl adjacent to an activating group) is 1. The number of hydrogen-bond donors (Lipinski definition) is 1. The Morgan fingerprint density at radius 3 is 2.89 bits per heavy atom. The molecule has 4 nitrogen and oxygen atoms in total. The summed E-state index contributed by atoms with van der Waals surface area (Å²) in [7, 11) is 2.02. The highest BCUT2D eigenvalue weighted by atomic mass is 16.5. The maximum absolute atomic E-state index is 5.96. The van der Waals surface area contributed by atoms with Crippen LogP contribution >= 0.6 is 0 Å². The minimum Gasteiger partial charge on any atom is -0.374 e. The molecule has 2 rings (SSSR count). The summed E-state index contributed by atoms with van der Waals surface area (Å²) >= 11 is 0. The molecule has 0 spiro atoms. The topological polar surface area (TPSA) is 39.1 Å². The van der Waals surface area contributed by atoms with Crippen molar-refractivity contribution in [1.82, 2.24) is 15.1 Å². The van der Waals surface area contributed by atoms with Crippen molar-refractivity contribution < 1.29 is 4.74 Å². The zero-order chi connectivity index (χ0) is 13.8. The molecule has 1 N–H and O–H groups in total. The Bertz CT molecular complexity index is 390. The third kappa shape index (κ3) is 3.57. The van der Waals surface area contributed by atoms with Gasteiger partial charge in [-0.2, -0.15) is 5.10 Å². The lowest BCUT2D eigenvalue weighted by Gasteiger charge is -2.22. The van der Waals surface area contributed by atoms with Gasteiger partial charge in [0.05, 0.1) is 17.9 Å². The van der Waals surface area contributed by atoms with Gasteiger partial charge in [-0.3, -0.25) is 4.68 Å². The Morgan fingerprint density at radius 2 is 2.32 bits per heavy atom. The molecule has 1 fully saturated rings. The third-order valence-electron chi connectivity index (χ3n) is 4.22. The van der Waals surface area contributed by atoms with Gasteiger partial charge < -0.3 is 10.1 Å². The summed E-state index contributed by atoms with van der Waals surface area (Å²) in [5, 5.41) is 8.07. The first-order chi connectivity index (χ1) is 9.13. The van der Waals surface area contributed by atoms with Crippen LogP contribution in [0.4, 0.5) is 0 Å². The van der Waals surface area contributed by atoms with Crippen molar-refractivity contribution >= 4 is 0 Å². The summed E-state index contributed by atoms with van der Waals surface area (Å²) in [4.78, 5) is 0. The second-order valence-electron chi connectivity index (χ2n) is 5.71. The van der Waals surface area contributed by atoms with E-state index in [9.17, 15) is 0 Å². The SMILES string of the molecule is CCC(C)n1ccc(CC(NC)C2CCC(C)O2)n1. The van der Waals surface area contributed by atoms with Crippen LogP contribution in [-0.4, -0.2) is 35.1 Å². The predicted octanol–water partition coefficient (Wildman–Crippen LogP) is 2.55. The van der Waals surface area contributed by atoms with E-state index in [4.69, 9.17) is 4.74 Å². The van der Waals surface area contributed by atoms with E-state index < -0.39 is 0 Å². The predicted molar refractivity (Wildman–Crippen MR) is 77.3 cm³/mol. The van der Waals surface area contributed by atoms with E-state index in [-0.39, 0.29) is 0 Å². The average molecular weight is 265 g/mol. The lowest BCUT2D eigenvalue weighted by molar-refractivity contribution is 0.0335. The van der Waals surface area contributed by atoms with E-state index in [1.54, 1.807) is 0 Å². The Labute approximate surface area is 116 Å². The van der Waals surface area contributed by atoms with Gasteiger partial charge in [0.15, 0.2) is 0 Å². The van der Waals surface area contributed by atoms with Crippen molar-refractivity contribution in [3.05, 3.63) is 18.0 Å². The van der Waals surface area contributed by atoms with Crippen LogP contribution in [0.1, 0.15) is 51.8 Å². The maximum atomic E-state index is 5.96. The minimum atomic E-state index is 0.328. The number of nitrogens with one attached hydrogen (secondary N) is 1. The molecule has 0 aromatic carbocycles. The van der Waals surface area contributed by atoms with Gasteiger partial charge in [-0.15, -0.1) is 0 Å². The molecule has 19 heavy (non-hydrogen) atoms. The summed E-state index contributed by atoms with van der Waals surface area (Å²) < 4.78 is 8.03. The van der Waals surface area contributed by atoms with E-state index in [2.05, 4.69) is 48.1 Å². The largest absolute Gasteiger partial charge is 0.374 e. The van der Waals surface area contributed by atoms with Gasteiger partial charge >= 0.3 is 0 Å². The van der Waals surface area contributed by atoms with Crippen molar-refractivity contribution in [1.29, 1.82) is 0 Å². The molecule has 0 saturated carbocycles. The molecule has 0 amide bonds. The lowest BCUT2D eigenvalue weighted by atomic mass is 10.0. The monoisotopic (exact) mass is 265 g/mol. The van der Waals surface area contributed by atoms with Crippen LogP contribution < -0.4 is 5.32 Å². The molecule has 0 bridgehead atoms. The molecule has 4 heteroatoms. The van der Waals surface area contributed by atoms with Crippen LogP contribution in [0.3, 0.4) is 0 Å². The van der Waals surface area contributed by atoms with Crippen LogP contribution in [0.2, 0.25) is 0 Å². The van der Waals surface area contributed by atoms with Crippen molar-refractivity contribution in [2.45, 2.75) is 70.7 Å². The molecular weight excluding hydrogens is 238 g/mol. The van der Waals surface area contributed by atoms with Crippen molar-refractivity contribution in [3.63, 3.8) is 0 Å². The van der Waals surface area contributed by atoms with E-state index >= 15 is 0 Å². The Kier molecular flexibility index (Phi) is 4.99. The zero-order valence-electron chi connectivity index (χ0n) is 12.6. The fraction of sp³-hybridized carbons (Fsp3) is 0.800. The second-order valence-corrected chi connectivity index (χ2v) is 5.71. The molecule has 0 aliphatic carbocycles. The van der Waals surface area contributed by atoms with Gasteiger partial charge in [-0.05, 0) is 46.2 Å². The summed E-state index contributed by atoms with van der Waals surface area (Å²) in [6.45, 7) is 6.55. The molecule has 108 valence electrons. The lowest BCUT2D eigenvalue weighted by Crippen LogP contribution is -2.39. The summed E-state index contributed by atoms with van der Waals surface area (Å²) in [6, 6.07) is 2.98. The highest BCUT2D eigenvalue weighted by molar-refractivity contribution is 5.03. The highest BCUT2D eigenvalue weighted by Crippen LogP contribution is 2.23. The van der Waals surface area contributed by atoms with Gasteiger partial charge in [0.2, 0.25) is 0 Å². The summed E-state index contributed by atoms with van der Waals surface area (Å²) in [6.07, 6.45) is 7.20. The number of rotatable bonds is 6. The number of nitrogens with zero attached hydrogens (tertiary/aromatic N) is 2. The molecule has 4 atom stereocenters. The number of hydrogen-bond acceptors (Lipinski definition) is 3. The Hall–Kier alpha value is -0.870. The van der Waals surface area contributed by atoms with Crippen LogP contribution in [-0.2, 0) is 11.2 Å². The van der Waals surface area contributed by atoms with Crippen molar-refractivity contribution in [2.24, 2.45) is 0 Å². The fourth-order valence-corrected chi connectivity index (χ4v) is 2.69.